The van der Waals surface area contributed by atoms with Crippen LogP contribution in [-0.2, 0) is 9.53 Å². The Bertz CT molecular complexity index is 802. The number of ketones is 1. The Morgan fingerprint density at radius 2 is 1.43 bits per heavy atom. The molecule has 150 valence electrons. The third-order valence-electron chi connectivity index (χ3n) is 4.18. The molecule has 0 aliphatic rings. The van der Waals surface area contributed by atoms with Crippen LogP contribution in [0.5, 0.6) is 23.0 Å². The van der Waals surface area contributed by atoms with Gasteiger partial charge in [0, 0.05) is 5.56 Å². The highest BCUT2D eigenvalue weighted by molar-refractivity contribution is 6.13. The molecule has 0 spiro atoms. The minimum absolute atomic E-state index is 0.148. The average Bonchev–Trinajstić information content (AvgIpc) is 2.73. The highest BCUT2D eigenvalue weighted by Gasteiger charge is 2.32. The second-order valence-electron chi connectivity index (χ2n) is 5.74. The molecule has 0 aromatic heterocycles. The summed E-state index contributed by atoms with van der Waals surface area (Å²) >= 11 is 0. The molecule has 2 rings (SSSR count). The van der Waals surface area contributed by atoms with Crippen LogP contribution in [0.4, 0.5) is 0 Å². The molecule has 7 nitrogen and oxygen atoms in total. The van der Waals surface area contributed by atoms with Crippen LogP contribution in [0.15, 0.2) is 36.4 Å². The van der Waals surface area contributed by atoms with E-state index in [2.05, 4.69) is 0 Å². The normalized spacial score (nSPS) is 11.3. The predicted octanol–water partition coefficient (Wildman–Crippen LogP) is 3.25. The first-order chi connectivity index (χ1) is 13.5. The Kier molecular flexibility index (Phi) is 7.26. The number of methoxy groups -OCH3 is 4. The van der Waals surface area contributed by atoms with Gasteiger partial charge in [-0.15, -0.1) is 0 Å². The molecular formula is C21H24O7. The minimum Gasteiger partial charge on any atom is -0.497 e. The molecule has 0 radical (unpaired) electrons. The van der Waals surface area contributed by atoms with Gasteiger partial charge >= 0.3 is 5.97 Å². The maximum absolute atomic E-state index is 13.2. The fraction of sp³-hybridized carbons (Fsp3) is 0.333. The Balaban J connectivity index is 2.56. The largest absolute Gasteiger partial charge is 0.497 e. The third-order valence-corrected chi connectivity index (χ3v) is 4.18. The third kappa shape index (κ3) is 4.36. The number of Topliss-reactive ketones (excluding diaryl/α,β-unsaturated/α-hetero) is 1. The van der Waals surface area contributed by atoms with Gasteiger partial charge in [-0.3, -0.25) is 9.59 Å². The molecule has 0 aliphatic carbocycles. The number of benzene rings is 2. The number of rotatable bonds is 9. The number of hydrogen-bond donors (Lipinski definition) is 0. The van der Waals surface area contributed by atoms with Crippen LogP contribution in [-0.4, -0.2) is 46.8 Å². The molecule has 0 amide bonds. The molecular weight excluding hydrogens is 364 g/mol. The van der Waals surface area contributed by atoms with E-state index in [1.54, 1.807) is 43.3 Å². The Hall–Kier alpha value is -3.22. The van der Waals surface area contributed by atoms with Gasteiger partial charge in [-0.2, -0.15) is 0 Å². The molecule has 7 heteroatoms. The van der Waals surface area contributed by atoms with Crippen molar-refractivity contribution in [2.75, 3.05) is 35.0 Å². The first-order valence-corrected chi connectivity index (χ1v) is 8.65. The summed E-state index contributed by atoms with van der Waals surface area (Å²) < 4.78 is 26.3. The zero-order valence-electron chi connectivity index (χ0n) is 16.6. The minimum atomic E-state index is -1.18. The van der Waals surface area contributed by atoms with Crippen LogP contribution in [0.2, 0.25) is 0 Å². The molecule has 0 saturated heterocycles. The fourth-order valence-electron chi connectivity index (χ4n) is 2.81. The van der Waals surface area contributed by atoms with Gasteiger partial charge in [0.05, 0.1) is 35.0 Å². The van der Waals surface area contributed by atoms with E-state index in [1.807, 2.05) is 0 Å². The van der Waals surface area contributed by atoms with Crippen LogP contribution < -0.4 is 18.9 Å². The molecule has 0 N–H and O–H groups in total. The summed E-state index contributed by atoms with van der Waals surface area (Å²) in [6.07, 6.45) is 0. The molecule has 0 fully saturated rings. The van der Waals surface area contributed by atoms with Gasteiger partial charge in [-0.05, 0) is 48.9 Å². The highest BCUT2D eigenvalue weighted by atomic mass is 16.5. The van der Waals surface area contributed by atoms with Gasteiger partial charge in [0.15, 0.2) is 17.3 Å². The van der Waals surface area contributed by atoms with Crippen molar-refractivity contribution in [1.29, 1.82) is 0 Å². The molecule has 28 heavy (non-hydrogen) atoms. The second-order valence-corrected chi connectivity index (χ2v) is 5.74. The Labute approximate surface area is 164 Å². The van der Waals surface area contributed by atoms with E-state index >= 15 is 0 Å². The topological polar surface area (TPSA) is 80.3 Å². The molecule has 0 heterocycles. The average molecular weight is 388 g/mol. The highest BCUT2D eigenvalue weighted by Crippen LogP contribution is 2.41. The molecule has 0 saturated carbocycles. The summed E-state index contributed by atoms with van der Waals surface area (Å²) in [6, 6.07) is 9.67. The van der Waals surface area contributed by atoms with Gasteiger partial charge < -0.3 is 23.7 Å². The van der Waals surface area contributed by atoms with E-state index in [0.717, 1.165) is 0 Å². The summed E-state index contributed by atoms with van der Waals surface area (Å²) in [7, 11) is 5.94. The van der Waals surface area contributed by atoms with Crippen molar-refractivity contribution in [1.82, 2.24) is 0 Å². The lowest BCUT2D eigenvalue weighted by atomic mass is 9.90. The van der Waals surface area contributed by atoms with E-state index in [1.165, 1.54) is 28.4 Å². The maximum atomic E-state index is 13.2. The van der Waals surface area contributed by atoms with E-state index in [9.17, 15) is 9.59 Å². The Morgan fingerprint density at radius 1 is 0.857 bits per heavy atom. The fourth-order valence-corrected chi connectivity index (χ4v) is 2.81. The van der Waals surface area contributed by atoms with E-state index in [-0.39, 0.29) is 6.61 Å². The van der Waals surface area contributed by atoms with Crippen LogP contribution in [0.1, 0.15) is 28.8 Å². The maximum Gasteiger partial charge on any atom is 0.321 e. The number of carbonyl (C=O) groups excluding carboxylic acids is 2. The number of esters is 1. The monoisotopic (exact) mass is 388 g/mol. The van der Waals surface area contributed by atoms with E-state index < -0.39 is 17.7 Å². The van der Waals surface area contributed by atoms with Gasteiger partial charge in [0.2, 0.25) is 5.75 Å². The van der Waals surface area contributed by atoms with Crippen LogP contribution in [0.25, 0.3) is 0 Å². The summed E-state index contributed by atoms with van der Waals surface area (Å²) in [5.74, 6) is -0.581. The first-order valence-electron chi connectivity index (χ1n) is 8.65. The SMILES string of the molecule is CCOC(=O)C(C(=O)c1ccc(OC)cc1)c1cc(OC)c(OC)c(OC)c1. The van der Waals surface area contributed by atoms with Crippen molar-refractivity contribution in [3.63, 3.8) is 0 Å². The molecule has 0 bridgehead atoms. The summed E-state index contributed by atoms with van der Waals surface area (Å²) in [4.78, 5) is 25.8. The van der Waals surface area contributed by atoms with Crippen molar-refractivity contribution in [3.05, 3.63) is 47.5 Å². The molecule has 2 aromatic rings. The van der Waals surface area contributed by atoms with Gasteiger partial charge in [0.1, 0.15) is 11.7 Å². The zero-order valence-corrected chi connectivity index (χ0v) is 16.6. The smallest absolute Gasteiger partial charge is 0.321 e. The van der Waals surface area contributed by atoms with Gasteiger partial charge in [-0.1, -0.05) is 0 Å². The van der Waals surface area contributed by atoms with E-state index in [0.29, 0.717) is 34.1 Å². The predicted molar refractivity (Wildman–Crippen MR) is 103 cm³/mol. The first kappa shape index (κ1) is 21.1. The molecule has 1 unspecified atom stereocenters. The standard InChI is InChI=1S/C21H24O7/c1-6-28-21(23)18(19(22)13-7-9-15(24-2)10-8-13)14-11-16(25-3)20(27-5)17(12-14)26-4/h7-12,18H,6H2,1-5H3. The molecule has 0 aliphatic heterocycles. The van der Waals surface area contributed by atoms with Crippen LogP contribution >= 0.6 is 0 Å². The number of carbonyl (C=O) groups is 2. The van der Waals surface area contributed by atoms with Crippen molar-refractivity contribution < 1.29 is 33.3 Å². The van der Waals surface area contributed by atoms with Crippen LogP contribution in [0, 0.1) is 0 Å². The molecule has 2 aromatic carbocycles. The van der Waals surface area contributed by atoms with Gasteiger partial charge in [-0.25, -0.2) is 0 Å². The van der Waals surface area contributed by atoms with Crippen molar-refractivity contribution in [2.45, 2.75) is 12.8 Å². The zero-order chi connectivity index (χ0) is 20.7. The van der Waals surface area contributed by atoms with Crippen LogP contribution in [0.3, 0.4) is 0 Å². The number of ether oxygens (including phenoxy) is 5. The summed E-state index contributed by atoms with van der Waals surface area (Å²) in [5.41, 5.74) is 0.737. The summed E-state index contributed by atoms with van der Waals surface area (Å²) in [5, 5.41) is 0. The van der Waals surface area contributed by atoms with Crippen molar-refractivity contribution in [3.8, 4) is 23.0 Å². The van der Waals surface area contributed by atoms with Crippen molar-refractivity contribution in [2.24, 2.45) is 0 Å². The Morgan fingerprint density at radius 3 is 1.86 bits per heavy atom. The lowest BCUT2D eigenvalue weighted by molar-refractivity contribution is -0.143. The van der Waals surface area contributed by atoms with Crippen molar-refractivity contribution >= 4 is 11.8 Å². The second kappa shape index (κ2) is 9.64. The molecule has 1 atom stereocenters. The van der Waals surface area contributed by atoms with Gasteiger partial charge in [0.25, 0.3) is 0 Å². The van der Waals surface area contributed by atoms with E-state index in [4.69, 9.17) is 23.7 Å². The number of hydrogen-bond acceptors (Lipinski definition) is 7. The lowest BCUT2D eigenvalue weighted by Gasteiger charge is -2.19. The summed E-state index contributed by atoms with van der Waals surface area (Å²) in [6.45, 7) is 1.83. The quantitative estimate of drug-likeness (QED) is 0.371. The lowest BCUT2D eigenvalue weighted by Crippen LogP contribution is -2.24.